The van der Waals surface area contributed by atoms with Gasteiger partial charge in [0.25, 0.3) is 0 Å². The van der Waals surface area contributed by atoms with E-state index in [1.165, 1.54) is 0 Å². The minimum Gasteiger partial charge on any atom is -0.384 e. The monoisotopic (exact) mass is 325 g/mol. The molecule has 8 heteroatoms. The second-order valence-electron chi connectivity index (χ2n) is 3.14. The van der Waals surface area contributed by atoms with Gasteiger partial charge in [0.15, 0.2) is 17.5 Å². The summed E-state index contributed by atoms with van der Waals surface area (Å²) in [6.07, 6.45) is 1.16. The number of halogens is 5. The molecule has 1 aromatic heterocycles. The maximum atomic E-state index is 13.7. The lowest BCUT2D eigenvalue weighted by Gasteiger charge is -2.08. The standard InChI is InChI=1S/C9H4BrClF3N3/c10-4-3(2-1-16-17-9(2)15)6(12)8(14)5(11)7(4)13/h1H,(H3,15,16,17). The van der Waals surface area contributed by atoms with Crippen LogP contribution >= 0.6 is 27.5 Å². The Morgan fingerprint density at radius 3 is 2.41 bits per heavy atom. The molecule has 0 aliphatic heterocycles. The first-order valence-electron chi connectivity index (χ1n) is 4.25. The van der Waals surface area contributed by atoms with Crippen molar-refractivity contribution >= 4 is 33.3 Å². The number of nitrogens with one attached hydrogen (secondary N) is 1. The maximum Gasteiger partial charge on any atom is 0.181 e. The average molecular weight is 327 g/mol. The highest BCUT2D eigenvalue weighted by atomic mass is 79.9. The lowest BCUT2D eigenvalue weighted by Crippen LogP contribution is -1.98. The average Bonchev–Trinajstić information content (AvgIpc) is 2.71. The van der Waals surface area contributed by atoms with Crippen LogP contribution < -0.4 is 5.73 Å². The zero-order valence-corrected chi connectivity index (χ0v) is 10.3. The second kappa shape index (κ2) is 4.23. The summed E-state index contributed by atoms with van der Waals surface area (Å²) >= 11 is 8.09. The molecule has 2 aromatic rings. The van der Waals surface area contributed by atoms with E-state index in [1.807, 2.05) is 0 Å². The lowest BCUT2D eigenvalue weighted by atomic mass is 10.1. The number of rotatable bonds is 1. The van der Waals surface area contributed by atoms with Gasteiger partial charge in [0.1, 0.15) is 10.8 Å². The van der Waals surface area contributed by atoms with E-state index in [9.17, 15) is 13.2 Å². The summed E-state index contributed by atoms with van der Waals surface area (Å²) in [5.74, 6) is -3.87. The number of hydrogen-bond acceptors (Lipinski definition) is 2. The number of nitrogen functional groups attached to an aromatic ring is 1. The topological polar surface area (TPSA) is 54.7 Å². The molecule has 0 radical (unpaired) electrons. The molecule has 0 atom stereocenters. The van der Waals surface area contributed by atoms with Crippen LogP contribution in [0.25, 0.3) is 11.1 Å². The molecule has 1 aromatic carbocycles. The van der Waals surface area contributed by atoms with E-state index in [0.717, 1.165) is 6.20 Å². The Labute approximate surface area is 107 Å². The van der Waals surface area contributed by atoms with E-state index < -0.39 is 22.5 Å². The van der Waals surface area contributed by atoms with E-state index in [2.05, 4.69) is 26.1 Å². The van der Waals surface area contributed by atoms with Crippen LogP contribution in [0, 0.1) is 17.5 Å². The highest BCUT2D eigenvalue weighted by molar-refractivity contribution is 9.10. The van der Waals surface area contributed by atoms with E-state index >= 15 is 0 Å². The molecule has 2 rings (SSSR count). The quantitative estimate of drug-likeness (QED) is 0.622. The van der Waals surface area contributed by atoms with Crippen LogP contribution in [0.3, 0.4) is 0 Å². The fraction of sp³-hybridized carbons (Fsp3) is 0. The zero-order valence-electron chi connectivity index (χ0n) is 7.99. The Morgan fingerprint density at radius 1 is 1.24 bits per heavy atom. The first-order valence-corrected chi connectivity index (χ1v) is 5.43. The Hall–Kier alpha value is -1.21. The number of anilines is 1. The van der Waals surface area contributed by atoms with Gasteiger partial charge in [-0.15, -0.1) is 0 Å². The summed E-state index contributed by atoms with van der Waals surface area (Å²) in [6, 6.07) is 0. The van der Waals surface area contributed by atoms with Crippen molar-refractivity contribution in [3.8, 4) is 11.1 Å². The van der Waals surface area contributed by atoms with E-state index in [4.69, 9.17) is 17.3 Å². The van der Waals surface area contributed by atoms with Crippen molar-refractivity contribution in [3.05, 3.63) is 33.1 Å². The largest absolute Gasteiger partial charge is 0.384 e. The highest BCUT2D eigenvalue weighted by Crippen LogP contribution is 2.39. The number of aromatic nitrogens is 2. The normalized spacial score (nSPS) is 10.9. The molecule has 0 bridgehead atoms. The Kier molecular flexibility index (Phi) is 3.05. The number of benzene rings is 1. The summed E-state index contributed by atoms with van der Waals surface area (Å²) in [5, 5.41) is 4.97. The van der Waals surface area contributed by atoms with Crippen LogP contribution in [-0.2, 0) is 0 Å². The van der Waals surface area contributed by atoms with Crippen molar-refractivity contribution in [2.75, 3.05) is 5.73 Å². The molecule has 0 aliphatic rings. The predicted octanol–water partition coefficient (Wildman–Crippen LogP) is 3.49. The van der Waals surface area contributed by atoms with Crippen LogP contribution in [0.5, 0.6) is 0 Å². The molecular formula is C9H4BrClF3N3. The van der Waals surface area contributed by atoms with Crippen molar-refractivity contribution in [3.63, 3.8) is 0 Å². The van der Waals surface area contributed by atoms with Crippen molar-refractivity contribution in [2.45, 2.75) is 0 Å². The van der Waals surface area contributed by atoms with Gasteiger partial charge in [-0.25, -0.2) is 13.2 Å². The van der Waals surface area contributed by atoms with Gasteiger partial charge in [-0.05, 0) is 15.9 Å². The molecule has 90 valence electrons. The van der Waals surface area contributed by atoms with Gasteiger partial charge in [0.05, 0.1) is 10.7 Å². The summed E-state index contributed by atoms with van der Waals surface area (Å²) in [7, 11) is 0. The van der Waals surface area contributed by atoms with E-state index in [1.54, 1.807) is 0 Å². The summed E-state index contributed by atoms with van der Waals surface area (Å²) in [5.41, 5.74) is 5.15. The second-order valence-corrected chi connectivity index (χ2v) is 4.31. The summed E-state index contributed by atoms with van der Waals surface area (Å²) in [6.45, 7) is 0. The molecule has 3 N–H and O–H groups in total. The number of nitrogens with zero attached hydrogens (tertiary/aromatic N) is 1. The lowest BCUT2D eigenvalue weighted by molar-refractivity contribution is 0.496. The number of nitrogens with two attached hydrogens (primary N) is 1. The molecule has 0 amide bonds. The Balaban J connectivity index is 2.84. The molecule has 1 heterocycles. The van der Waals surface area contributed by atoms with Gasteiger partial charge in [0, 0.05) is 11.1 Å². The Bertz CT molecular complexity index is 570. The fourth-order valence-corrected chi connectivity index (χ4v) is 2.21. The number of H-pyrrole nitrogens is 1. The van der Waals surface area contributed by atoms with E-state index in [0.29, 0.717) is 0 Å². The molecule has 0 fully saturated rings. The first kappa shape index (κ1) is 12.3. The van der Waals surface area contributed by atoms with Crippen LogP contribution in [0.1, 0.15) is 0 Å². The molecule has 0 spiro atoms. The van der Waals surface area contributed by atoms with Crippen molar-refractivity contribution in [2.24, 2.45) is 0 Å². The minimum absolute atomic E-state index is 0.00859. The Morgan fingerprint density at radius 2 is 1.88 bits per heavy atom. The highest BCUT2D eigenvalue weighted by Gasteiger charge is 2.25. The van der Waals surface area contributed by atoms with Crippen LogP contribution in [-0.4, -0.2) is 10.2 Å². The van der Waals surface area contributed by atoms with Gasteiger partial charge in [-0.2, -0.15) is 5.10 Å². The number of hydrogen-bond donors (Lipinski definition) is 2. The van der Waals surface area contributed by atoms with Gasteiger partial charge >= 0.3 is 0 Å². The van der Waals surface area contributed by atoms with Crippen LogP contribution in [0.2, 0.25) is 5.02 Å². The molecule has 0 unspecified atom stereocenters. The first-order chi connectivity index (χ1) is 7.95. The third-order valence-corrected chi connectivity index (χ3v) is 3.22. The van der Waals surface area contributed by atoms with Crippen LogP contribution in [0.15, 0.2) is 10.7 Å². The van der Waals surface area contributed by atoms with E-state index in [-0.39, 0.29) is 21.4 Å². The maximum absolute atomic E-state index is 13.7. The smallest absolute Gasteiger partial charge is 0.181 e. The third kappa shape index (κ3) is 1.79. The SMILES string of the molecule is Nc1[nH]ncc1-c1c(F)c(F)c(Cl)c(F)c1Br. The minimum atomic E-state index is -1.47. The van der Waals surface area contributed by atoms with Gasteiger partial charge in [-0.1, -0.05) is 11.6 Å². The van der Waals surface area contributed by atoms with Crippen LogP contribution in [0.4, 0.5) is 19.0 Å². The number of aromatic amines is 1. The predicted molar refractivity (Wildman–Crippen MR) is 61.0 cm³/mol. The fourth-order valence-electron chi connectivity index (χ4n) is 1.34. The van der Waals surface area contributed by atoms with Gasteiger partial charge in [0.2, 0.25) is 0 Å². The zero-order chi connectivity index (χ0) is 12.7. The molecule has 0 saturated heterocycles. The van der Waals surface area contributed by atoms with Gasteiger partial charge < -0.3 is 5.73 Å². The summed E-state index contributed by atoms with van der Waals surface area (Å²) < 4.78 is 40.2. The third-order valence-electron chi connectivity index (χ3n) is 2.15. The molecule has 0 saturated carbocycles. The summed E-state index contributed by atoms with van der Waals surface area (Å²) in [4.78, 5) is 0. The van der Waals surface area contributed by atoms with Crippen molar-refractivity contribution in [1.82, 2.24) is 10.2 Å². The molecule has 0 aliphatic carbocycles. The molecule has 3 nitrogen and oxygen atoms in total. The van der Waals surface area contributed by atoms with Crippen molar-refractivity contribution in [1.29, 1.82) is 0 Å². The molecule has 17 heavy (non-hydrogen) atoms. The van der Waals surface area contributed by atoms with Gasteiger partial charge in [-0.3, -0.25) is 5.10 Å². The van der Waals surface area contributed by atoms with Crippen molar-refractivity contribution < 1.29 is 13.2 Å². The molecular weight excluding hydrogens is 322 g/mol.